The summed E-state index contributed by atoms with van der Waals surface area (Å²) in [6.07, 6.45) is 0. The summed E-state index contributed by atoms with van der Waals surface area (Å²) in [7, 11) is 1.62. The van der Waals surface area contributed by atoms with Crippen molar-refractivity contribution in [2.45, 2.75) is 6.92 Å². The minimum Gasteiger partial charge on any atom is -0.491 e. The lowest BCUT2D eigenvalue weighted by Gasteiger charge is -2.10. The van der Waals surface area contributed by atoms with Gasteiger partial charge in [0.15, 0.2) is 0 Å². The van der Waals surface area contributed by atoms with Crippen LogP contribution in [0.1, 0.15) is 17.3 Å². The zero-order valence-electron chi connectivity index (χ0n) is 15.2. The number of carbonyl (C=O) groups is 1. The van der Waals surface area contributed by atoms with Crippen molar-refractivity contribution in [2.24, 2.45) is 0 Å². The quantitative estimate of drug-likeness (QED) is 0.623. The van der Waals surface area contributed by atoms with E-state index in [4.69, 9.17) is 18.9 Å². The average molecular weight is 359 g/mol. The summed E-state index contributed by atoms with van der Waals surface area (Å²) in [5, 5.41) is 2.86. The molecule has 1 N–H and O–H groups in total. The lowest BCUT2D eigenvalue weighted by Crippen LogP contribution is -2.12. The molecule has 26 heavy (non-hydrogen) atoms. The molecular formula is C20H25NO5. The van der Waals surface area contributed by atoms with Crippen molar-refractivity contribution in [1.82, 2.24) is 0 Å². The Hall–Kier alpha value is -2.57. The van der Waals surface area contributed by atoms with Gasteiger partial charge in [-0.1, -0.05) is 6.07 Å². The van der Waals surface area contributed by atoms with Crippen LogP contribution in [0.3, 0.4) is 0 Å². The Kier molecular flexibility index (Phi) is 8.45. The molecule has 1 amide bonds. The highest BCUT2D eigenvalue weighted by Crippen LogP contribution is 2.19. The van der Waals surface area contributed by atoms with E-state index in [1.807, 2.05) is 25.1 Å². The summed E-state index contributed by atoms with van der Waals surface area (Å²) >= 11 is 0. The van der Waals surface area contributed by atoms with Crippen molar-refractivity contribution < 1.29 is 23.7 Å². The Morgan fingerprint density at radius 1 is 0.923 bits per heavy atom. The molecule has 0 saturated heterocycles. The number of hydrogen-bond acceptors (Lipinski definition) is 5. The first-order valence-electron chi connectivity index (χ1n) is 8.56. The van der Waals surface area contributed by atoms with Gasteiger partial charge in [-0.05, 0) is 43.3 Å². The first kappa shape index (κ1) is 19.8. The minimum atomic E-state index is -0.195. The predicted molar refractivity (Wildman–Crippen MR) is 100 cm³/mol. The Morgan fingerprint density at radius 3 is 2.38 bits per heavy atom. The van der Waals surface area contributed by atoms with Crippen molar-refractivity contribution in [3.8, 4) is 11.5 Å². The molecule has 0 spiro atoms. The van der Waals surface area contributed by atoms with Crippen molar-refractivity contribution in [3.63, 3.8) is 0 Å². The SMILES string of the molecule is CCOCCOc1ccc(C(=O)Nc2cccc(OCCOC)c2)cc1. The lowest BCUT2D eigenvalue weighted by atomic mass is 10.2. The van der Waals surface area contributed by atoms with Crippen LogP contribution in [-0.2, 0) is 9.47 Å². The highest BCUT2D eigenvalue weighted by Gasteiger charge is 2.07. The van der Waals surface area contributed by atoms with E-state index in [1.165, 1.54) is 0 Å². The molecule has 0 bridgehead atoms. The van der Waals surface area contributed by atoms with Crippen LogP contribution in [0.15, 0.2) is 48.5 Å². The molecule has 2 aromatic rings. The predicted octanol–water partition coefficient (Wildman–Crippen LogP) is 3.38. The van der Waals surface area contributed by atoms with Crippen LogP contribution in [-0.4, -0.2) is 46.1 Å². The fraction of sp³-hybridized carbons (Fsp3) is 0.350. The molecular weight excluding hydrogens is 334 g/mol. The molecule has 0 heterocycles. The summed E-state index contributed by atoms with van der Waals surface area (Å²) in [6, 6.07) is 14.2. The first-order valence-corrected chi connectivity index (χ1v) is 8.56. The zero-order valence-corrected chi connectivity index (χ0v) is 15.2. The maximum Gasteiger partial charge on any atom is 0.255 e. The van der Waals surface area contributed by atoms with E-state index in [2.05, 4.69) is 5.32 Å². The van der Waals surface area contributed by atoms with Crippen LogP contribution in [0.25, 0.3) is 0 Å². The summed E-state index contributed by atoms with van der Waals surface area (Å²) in [6.45, 7) is 4.60. The van der Waals surface area contributed by atoms with E-state index >= 15 is 0 Å². The van der Waals surface area contributed by atoms with Crippen LogP contribution in [0.5, 0.6) is 11.5 Å². The molecule has 0 unspecified atom stereocenters. The highest BCUT2D eigenvalue weighted by atomic mass is 16.5. The van der Waals surface area contributed by atoms with E-state index in [0.717, 1.165) is 0 Å². The van der Waals surface area contributed by atoms with Gasteiger partial charge >= 0.3 is 0 Å². The average Bonchev–Trinajstić information content (AvgIpc) is 2.66. The number of nitrogens with one attached hydrogen (secondary N) is 1. The van der Waals surface area contributed by atoms with Gasteiger partial charge in [-0.2, -0.15) is 0 Å². The zero-order chi connectivity index (χ0) is 18.6. The Labute approximate surface area is 154 Å². The second kappa shape index (κ2) is 11.1. The van der Waals surface area contributed by atoms with Crippen molar-refractivity contribution in [1.29, 1.82) is 0 Å². The number of hydrogen-bond donors (Lipinski definition) is 1. The van der Waals surface area contributed by atoms with Gasteiger partial charge in [0, 0.05) is 31.0 Å². The number of anilines is 1. The molecule has 6 heteroatoms. The molecule has 140 valence electrons. The van der Waals surface area contributed by atoms with E-state index in [-0.39, 0.29) is 5.91 Å². The van der Waals surface area contributed by atoms with E-state index in [0.29, 0.717) is 55.8 Å². The number of ether oxygens (including phenoxy) is 4. The fourth-order valence-electron chi connectivity index (χ4n) is 2.18. The highest BCUT2D eigenvalue weighted by molar-refractivity contribution is 6.04. The van der Waals surface area contributed by atoms with Crippen molar-refractivity contribution in [3.05, 3.63) is 54.1 Å². The normalized spacial score (nSPS) is 10.4. The third kappa shape index (κ3) is 6.74. The Balaban J connectivity index is 1.88. The molecule has 6 nitrogen and oxygen atoms in total. The summed E-state index contributed by atoms with van der Waals surface area (Å²) in [4.78, 5) is 12.4. The van der Waals surface area contributed by atoms with Gasteiger partial charge in [0.1, 0.15) is 24.7 Å². The fourth-order valence-corrected chi connectivity index (χ4v) is 2.18. The minimum absolute atomic E-state index is 0.195. The molecule has 0 radical (unpaired) electrons. The van der Waals surface area contributed by atoms with Gasteiger partial charge in [0.25, 0.3) is 5.91 Å². The third-order valence-corrected chi connectivity index (χ3v) is 3.47. The number of carbonyl (C=O) groups excluding carboxylic acids is 1. The molecule has 0 aliphatic rings. The van der Waals surface area contributed by atoms with Gasteiger partial charge in [-0.15, -0.1) is 0 Å². The molecule has 0 aromatic heterocycles. The standard InChI is InChI=1S/C20H25NO5/c1-3-24-12-14-25-18-9-7-16(8-10-18)20(22)21-17-5-4-6-19(15-17)26-13-11-23-2/h4-10,15H,3,11-14H2,1-2H3,(H,21,22). The van der Waals surface area contributed by atoms with Crippen LogP contribution >= 0.6 is 0 Å². The summed E-state index contributed by atoms with van der Waals surface area (Å²) in [5.41, 5.74) is 1.22. The van der Waals surface area contributed by atoms with Gasteiger partial charge in [-0.25, -0.2) is 0 Å². The van der Waals surface area contributed by atoms with Gasteiger partial charge in [0.2, 0.25) is 0 Å². The number of benzene rings is 2. The Bertz CT molecular complexity index is 672. The summed E-state index contributed by atoms with van der Waals surface area (Å²) < 4.78 is 21.3. The largest absolute Gasteiger partial charge is 0.491 e. The van der Waals surface area contributed by atoms with Crippen LogP contribution in [0, 0.1) is 0 Å². The van der Waals surface area contributed by atoms with Gasteiger partial charge in [0.05, 0.1) is 13.2 Å². The van der Waals surface area contributed by atoms with Crippen LogP contribution < -0.4 is 14.8 Å². The van der Waals surface area contributed by atoms with E-state index in [9.17, 15) is 4.79 Å². The maximum atomic E-state index is 12.4. The lowest BCUT2D eigenvalue weighted by molar-refractivity contribution is 0.102. The second-order valence-corrected chi connectivity index (χ2v) is 5.39. The number of methoxy groups -OCH3 is 1. The molecule has 0 aliphatic carbocycles. The molecule has 0 atom stereocenters. The summed E-state index contributed by atoms with van der Waals surface area (Å²) in [5.74, 6) is 1.19. The van der Waals surface area contributed by atoms with Gasteiger partial charge in [-0.3, -0.25) is 4.79 Å². The van der Waals surface area contributed by atoms with Crippen LogP contribution in [0.4, 0.5) is 5.69 Å². The van der Waals surface area contributed by atoms with Crippen molar-refractivity contribution >= 4 is 11.6 Å². The molecule has 2 rings (SSSR count). The Morgan fingerprint density at radius 2 is 1.65 bits per heavy atom. The first-order chi connectivity index (χ1) is 12.7. The van der Waals surface area contributed by atoms with Gasteiger partial charge < -0.3 is 24.3 Å². The number of rotatable bonds is 11. The second-order valence-electron chi connectivity index (χ2n) is 5.39. The third-order valence-electron chi connectivity index (χ3n) is 3.47. The van der Waals surface area contributed by atoms with E-state index < -0.39 is 0 Å². The molecule has 0 aliphatic heterocycles. The molecule has 0 saturated carbocycles. The van der Waals surface area contributed by atoms with E-state index in [1.54, 1.807) is 37.4 Å². The molecule has 2 aromatic carbocycles. The monoisotopic (exact) mass is 359 g/mol. The topological polar surface area (TPSA) is 66.0 Å². The van der Waals surface area contributed by atoms with Crippen LogP contribution in [0.2, 0.25) is 0 Å². The maximum absolute atomic E-state index is 12.4. The van der Waals surface area contributed by atoms with Crippen molar-refractivity contribution in [2.75, 3.05) is 45.5 Å². The molecule has 0 fully saturated rings. The number of amides is 1. The smallest absolute Gasteiger partial charge is 0.255 e.